The molecule has 6 heteroatoms. The molecule has 1 rings (SSSR count). The lowest BCUT2D eigenvalue weighted by Gasteiger charge is -2.16. The number of nitrogens with zero attached hydrogens (tertiary/aromatic N) is 1. The summed E-state index contributed by atoms with van der Waals surface area (Å²) in [6.45, 7) is 2.31. The first-order chi connectivity index (χ1) is 9.90. The molecule has 0 saturated carbocycles. The zero-order chi connectivity index (χ0) is 16.0. The molecule has 21 heavy (non-hydrogen) atoms. The van der Waals surface area contributed by atoms with Crippen LogP contribution in [0.25, 0.3) is 0 Å². The van der Waals surface area contributed by atoms with E-state index in [-0.39, 0.29) is 17.7 Å². The second-order valence-electron chi connectivity index (χ2n) is 5.10. The summed E-state index contributed by atoms with van der Waals surface area (Å²) < 4.78 is 0. The number of hydrogen-bond donors (Lipinski definition) is 2. The standard InChI is InChI=1S/C15H22ClN3O2/c1-4-5-10(9-17)14(20)18-11-6-7-13(16)12(8-11)15(21)19(2)3/h6-8,10H,4-5,9,17H2,1-3H3,(H,18,20). The molecule has 0 aliphatic heterocycles. The van der Waals surface area contributed by atoms with Crippen LogP contribution in [0, 0.1) is 5.92 Å². The van der Waals surface area contributed by atoms with Gasteiger partial charge in [0.05, 0.1) is 16.5 Å². The summed E-state index contributed by atoms with van der Waals surface area (Å²) in [6.07, 6.45) is 1.62. The summed E-state index contributed by atoms with van der Waals surface area (Å²) in [6, 6.07) is 4.86. The van der Waals surface area contributed by atoms with Crippen molar-refractivity contribution in [2.45, 2.75) is 19.8 Å². The van der Waals surface area contributed by atoms with E-state index in [1.807, 2.05) is 6.92 Å². The van der Waals surface area contributed by atoms with Crippen LogP contribution in [0.5, 0.6) is 0 Å². The number of nitrogens with two attached hydrogens (primary N) is 1. The average molecular weight is 312 g/mol. The summed E-state index contributed by atoms with van der Waals surface area (Å²) in [5, 5.41) is 3.15. The van der Waals surface area contributed by atoms with Crippen molar-refractivity contribution in [3.63, 3.8) is 0 Å². The van der Waals surface area contributed by atoms with Gasteiger partial charge in [0.1, 0.15) is 0 Å². The minimum absolute atomic E-state index is 0.134. The molecule has 0 bridgehead atoms. The van der Waals surface area contributed by atoms with E-state index in [2.05, 4.69) is 5.32 Å². The summed E-state index contributed by atoms with van der Waals surface area (Å²) in [5.41, 5.74) is 6.52. The number of benzene rings is 1. The number of hydrogen-bond acceptors (Lipinski definition) is 3. The molecule has 0 heterocycles. The summed E-state index contributed by atoms with van der Waals surface area (Å²) in [5.74, 6) is -0.566. The molecule has 0 radical (unpaired) electrons. The Morgan fingerprint density at radius 3 is 2.57 bits per heavy atom. The minimum Gasteiger partial charge on any atom is -0.345 e. The Bertz CT molecular complexity index is 518. The van der Waals surface area contributed by atoms with Crippen molar-refractivity contribution in [2.24, 2.45) is 11.7 Å². The zero-order valence-corrected chi connectivity index (χ0v) is 13.4. The SMILES string of the molecule is CCCC(CN)C(=O)Nc1ccc(Cl)c(C(=O)N(C)C)c1. The molecule has 2 amide bonds. The highest BCUT2D eigenvalue weighted by atomic mass is 35.5. The van der Waals surface area contributed by atoms with Crippen molar-refractivity contribution in [3.8, 4) is 0 Å². The van der Waals surface area contributed by atoms with Crippen LogP contribution in [0.1, 0.15) is 30.1 Å². The number of carbonyl (C=O) groups excluding carboxylic acids is 2. The molecule has 3 N–H and O–H groups in total. The first-order valence-electron chi connectivity index (χ1n) is 6.92. The Balaban J connectivity index is 2.92. The third kappa shape index (κ3) is 4.72. The van der Waals surface area contributed by atoms with E-state index in [4.69, 9.17) is 17.3 Å². The lowest BCUT2D eigenvalue weighted by atomic mass is 10.0. The van der Waals surface area contributed by atoms with E-state index >= 15 is 0 Å². The van der Waals surface area contributed by atoms with Gasteiger partial charge in [0.2, 0.25) is 5.91 Å². The van der Waals surface area contributed by atoms with Crippen LogP contribution in [-0.4, -0.2) is 37.4 Å². The van der Waals surface area contributed by atoms with Gasteiger partial charge in [-0.1, -0.05) is 24.9 Å². The Labute approximate surface area is 130 Å². The Kier molecular flexibility index (Phi) is 6.65. The van der Waals surface area contributed by atoms with Crippen molar-refractivity contribution in [1.82, 2.24) is 4.90 Å². The molecule has 0 spiro atoms. The summed E-state index contributed by atoms with van der Waals surface area (Å²) in [4.78, 5) is 25.6. The number of rotatable bonds is 6. The molecular weight excluding hydrogens is 290 g/mol. The van der Waals surface area contributed by atoms with Gasteiger partial charge in [-0.2, -0.15) is 0 Å². The number of amides is 2. The lowest BCUT2D eigenvalue weighted by Crippen LogP contribution is -2.29. The van der Waals surface area contributed by atoms with E-state index in [0.717, 1.165) is 12.8 Å². The quantitative estimate of drug-likeness (QED) is 0.846. The first kappa shape index (κ1) is 17.5. The fourth-order valence-electron chi connectivity index (χ4n) is 1.96. The second kappa shape index (κ2) is 8.00. The van der Waals surface area contributed by atoms with Crippen molar-refractivity contribution in [3.05, 3.63) is 28.8 Å². The summed E-state index contributed by atoms with van der Waals surface area (Å²) in [7, 11) is 3.30. The largest absolute Gasteiger partial charge is 0.345 e. The van der Waals surface area contributed by atoms with Crippen molar-refractivity contribution >= 4 is 29.1 Å². The molecule has 0 aromatic heterocycles. The van der Waals surface area contributed by atoms with E-state index in [1.165, 1.54) is 4.90 Å². The maximum Gasteiger partial charge on any atom is 0.254 e. The van der Waals surface area contributed by atoms with Crippen molar-refractivity contribution in [1.29, 1.82) is 0 Å². The van der Waals surface area contributed by atoms with Crippen molar-refractivity contribution in [2.75, 3.05) is 26.0 Å². The van der Waals surface area contributed by atoms with Crippen LogP contribution in [0.2, 0.25) is 5.02 Å². The van der Waals surface area contributed by atoms with Gasteiger partial charge in [0.25, 0.3) is 5.91 Å². The highest BCUT2D eigenvalue weighted by Gasteiger charge is 2.18. The zero-order valence-electron chi connectivity index (χ0n) is 12.6. The first-order valence-corrected chi connectivity index (χ1v) is 7.30. The van der Waals surface area contributed by atoms with Crippen LogP contribution in [0.3, 0.4) is 0 Å². The normalized spacial score (nSPS) is 11.9. The van der Waals surface area contributed by atoms with Crippen LogP contribution < -0.4 is 11.1 Å². The molecule has 1 atom stereocenters. The summed E-state index contributed by atoms with van der Waals surface area (Å²) >= 11 is 6.03. The molecular formula is C15H22ClN3O2. The monoisotopic (exact) mass is 311 g/mol. The Morgan fingerprint density at radius 2 is 2.05 bits per heavy atom. The van der Waals surface area contributed by atoms with Crippen molar-refractivity contribution < 1.29 is 9.59 Å². The van der Waals surface area contributed by atoms with Gasteiger partial charge in [0, 0.05) is 26.3 Å². The highest BCUT2D eigenvalue weighted by molar-refractivity contribution is 6.34. The van der Waals surface area contributed by atoms with Gasteiger partial charge < -0.3 is 16.0 Å². The van der Waals surface area contributed by atoms with E-state index in [9.17, 15) is 9.59 Å². The number of nitrogens with one attached hydrogen (secondary N) is 1. The second-order valence-corrected chi connectivity index (χ2v) is 5.51. The third-order valence-electron chi connectivity index (χ3n) is 3.16. The van der Waals surface area contributed by atoms with Crippen LogP contribution in [-0.2, 0) is 4.79 Å². The Hall–Kier alpha value is -1.59. The third-order valence-corrected chi connectivity index (χ3v) is 3.49. The molecule has 1 aromatic carbocycles. The van der Waals surface area contributed by atoms with Crippen LogP contribution in [0.15, 0.2) is 18.2 Å². The molecule has 0 saturated heterocycles. The molecule has 0 aliphatic rings. The van der Waals surface area contributed by atoms with Gasteiger partial charge in [-0.3, -0.25) is 9.59 Å². The van der Waals surface area contributed by atoms with Gasteiger partial charge in [0.15, 0.2) is 0 Å². The number of carbonyl (C=O) groups is 2. The molecule has 0 aliphatic carbocycles. The van der Waals surface area contributed by atoms with E-state index in [1.54, 1.807) is 32.3 Å². The van der Waals surface area contributed by atoms with Gasteiger partial charge in [-0.25, -0.2) is 0 Å². The molecule has 0 fully saturated rings. The fraction of sp³-hybridized carbons (Fsp3) is 0.467. The minimum atomic E-state index is -0.223. The lowest BCUT2D eigenvalue weighted by molar-refractivity contribution is -0.119. The maximum atomic E-state index is 12.1. The molecule has 1 aromatic rings. The predicted molar refractivity (Wildman–Crippen MR) is 85.6 cm³/mol. The maximum absolute atomic E-state index is 12.1. The molecule has 1 unspecified atom stereocenters. The highest BCUT2D eigenvalue weighted by Crippen LogP contribution is 2.22. The van der Waals surface area contributed by atoms with Crippen LogP contribution >= 0.6 is 11.6 Å². The van der Waals surface area contributed by atoms with Gasteiger partial charge in [-0.05, 0) is 24.6 Å². The molecule has 5 nitrogen and oxygen atoms in total. The number of anilines is 1. The topological polar surface area (TPSA) is 75.4 Å². The van der Waals surface area contributed by atoms with E-state index < -0.39 is 0 Å². The Morgan fingerprint density at radius 1 is 1.38 bits per heavy atom. The number of halogens is 1. The van der Waals surface area contributed by atoms with Crippen LogP contribution in [0.4, 0.5) is 5.69 Å². The predicted octanol–water partition coefficient (Wildman–Crippen LogP) is 2.36. The average Bonchev–Trinajstić information content (AvgIpc) is 2.45. The van der Waals surface area contributed by atoms with Gasteiger partial charge in [-0.15, -0.1) is 0 Å². The van der Waals surface area contributed by atoms with E-state index in [0.29, 0.717) is 22.8 Å². The smallest absolute Gasteiger partial charge is 0.254 e. The fourth-order valence-corrected chi connectivity index (χ4v) is 2.15. The molecule has 116 valence electrons. The van der Waals surface area contributed by atoms with Gasteiger partial charge >= 0.3 is 0 Å².